The average Bonchev–Trinajstić information content (AvgIpc) is 3.23. The lowest BCUT2D eigenvalue weighted by Gasteiger charge is -2.08. The van der Waals surface area contributed by atoms with E-state index in [4.69, 9.17) is 0 Å². The number of hydrogen-bond acceptors (Lipinski definition) is 5. The van der Waals surface area contributed by atoms with Crippen LogP contribution in [0, 0.1) is 5.82 Å². The van der Waals surface area contributed by atoms with Gasteiger partial charge in [0.05, 0.1) is 6.42 Å². The maximum atomic E-state index is 13.1. The number of amides is 2. The molecule has 0 aliphatic carbocycles. The number of aromatic amines is 1. The Bertz CT molecular complexity index is 948. The van der Waals surface area contributed by atoms with Crippen molar-refractivity contribution < 1.29 is 14.0 Å². The van der Waals surface area contributed by atoms with Crippen LogP contribution >= 0.6 is 11.8 Å². The van der Waals surface area contributed by atoms with Crippen molar-refractivity contribution in [3.05, 3.63) is 77.4 Å². The second kappa shape index (κ2) is 10.4. The third-order valence-electron chi connectivity index (χ3n) is 3.97. The predicted molar refractivity (Wildman–Crippen MR) is 108 cm³/mol. The number of hydrogen-bond donors (Lipinski definition) is 3. The number of thioether (sulfide) groups is 1. The molecule has 2 aromatic carbocycles. The van der Waals surface area contributed by atoms with Gasteiger partial charge in [-0.15, -0.1) is 0 Å². The zero-order valence-corrected chi connectivity index (χ0v) is 16.3. The van der Waals surface area contributed by atoms with Gasteiger partial charge in [-0.3, -0.25) is 14.7 Å². The summed E-state index contributed by atoms with van der Waals surface area (Å²) in [5.41, 5.74) is 2.21. The lowest BCUT2D eigenvalue weighted by molar-refractivity contribution is -0.120. The molecule has 29 heavy (non-hydrogen) atoms. The van der Waals surface area contributed by atoms with Crippen LogP contribution in [0.4, 0.5) is 4.39 Å². The van der Waals surface area contributed by atoms with Crippen LogP contribution < -0.4 is 10.6 Å². The zero-order valence-electron chi connectivity index (χ0n) is 15.5. The average molecular weight is 413 g/mol. The van der Waals surface area contributed by atoms with Crippen molar-refractivity contribution in [2.45, 2.75) is 17.3 Å². The van der Waals surface area contributed by atoms with Gasteiger partial charge in [0.15, 0.2) is 5.16 Å². The summed E-state index contributed by atoms with van der Waals surface area (Å²) in [4.78, 5) is 28.1. The van der Waals surface area contributed by atoms with Crippen LogP contribution in [0.15, 0.2) is 60.0 Å². The van der Waals surface area contributed by atoms with Crippen LogP contribution in [-0.2, 0) is 17.0 Å². The molecule has 0 spiro atoms. The minimum atomic E-state index is -0.370. The summed E-state index contributed by atoms with van der Waals surface area (Å²) in [5, 5.41) is 12.8. The van der Waals surface area contributed by atoms with Crippen LogP contribution in [0.3, 0.4) is 0 Å². The Balaban J connectivity index is 1.36. The molecule has 1 aromatic heterocycles. The summed E-state index contributed by atoms with van der Waals surface area (Å²) in [5.74, 6) is -0.0866. The molecule has 7 nitrogen and oxygen atoms in total. The van der Waals surface area contributed by atoms with Gasteiger partial charge in [-0.1, -0.05) is 36.0 Å². The van der Waals surface area contributed by atoms with Gasteiger partial charge in [-0.05, 0) is 35.4 Å². The predicted octanol–water partition coefficient (Wildman–Crippen LogP) is 2.32. The number of nitrogens with zero attached hydrogens (tertiary/aromatic N) is 2. The molecule has 0 unspecified atom stereocenters. The SMILES string of the molecule is O=C(Cc1cccc(F)c1)NCCNC(=O)c1ccc(CSc2ncn[nH]2)cc1. The molecule has 1 heterocycles. The van der Waals surface area contributed by atoms with E-state index in [1.54, 1.807) is 24.3 Å². The summed E-state index contributed by atoms with van der Waals surface area (Å²) in [6.45, 7) is 0.600. The van der Waals surface area contributed by atoms with Gasteiger partial charge < -0.3 is 10.6 Å². The van der Waals surface area contributed by atoms with Gasteiger partial charge >= 0.3 is 0 Å². The van der Waals surface area contributed by atoms with Gasteiger partial charge in [0.25, 0.3) is 5.91 Å². The van der Waals surface area contributed by atoms with Crippen LogP contribution in [0.2, 0.25) is 0 Å². The highest BCUT2D eigenvalue weighted by Crippen LogP contribution is 2.18. The molecule has 9 heteroatoms. The van der Waals surface area contributed by atoms with E-state index in [1.807, 2.05) is 12.1 Å². The Labute approximate surface area is 171 Å². The fourth-order valence-corrected chi connectivity index (χ4v) is 3.28. The van der Waals surface area contributed by atoms with E-state index in [0.717, 1.165) is 10.7 Å². The highest BCUT2D eigenvalue weighted by Gasteiger charge is 2.07. The van der Waals surface area contributed by atoms with Crippen LogP contribution in [0.1, 0.15) is 21.5 Å². The topological polar surface area (TPSA) is 99.8 Å². The maximum absolute atomic E-state index is 13.1. The second-order valence-electron chi connectivity index (χ2n) is 6.19. The Morgan fingerprint density at radius 3 is 2.55 bits per heavy atom. The minimum absolute atomic E-state index is 0.0965. The molecule has 3 aromatic rings. The van der Waals surface area contributed by atoms with Crippen molar-refractivity contribution in [2.24, 2.45) is 0 Å². The molecule has 0 atom stereocenters. The third kappa shape index (κ3) is 6.72. The first-order valence-corrected chi connectivity index (χ1v) is 9.95. The molecule has 3 N–H and O–H groups in total. The van der Waals surface area contributed by atoms with E-state index in [2.05, 4.69) is 25.8 Å². The largest absolute Gasteiger partial charge is 0.354 e. The molecule has 0 saturated heterocycles. The van der Waals surface area contributed by atoms with Crippen molar-refractivity contribution >= 4 is 23.6 Å². The fourth-order valence-electron chi connectivity index (χ4n) is 2.54. The van der Waals surface area contributed by atoms with Crippen LogP contribution in [-0.4, -0.2) is 40.1 Å². The van der Waals surface area contributed by atoms with Gasteiger partial charge in [0, 0.05) is 24.4 Å². The number of rotatable bonds is 9. The number of carbonyl (C=O) groups excluding carboxylic acids is 2. The maximum Gasteiger partial charge on any atom is 0.251 e. The monoisotopic (exact) mass is 413 g/mol. The van der Waals surface area contributed by atoms with Crippen molar-refractivity contribution in [1.29, 1.82) is 0 Å². The fraction of sp³-hybridized carbons (Fsp3) is 0.200. The standard InChI is InChI=1S/C20H20FN5O2S/c21-17-3-1-2-15(10-17)11-18(27)22-8-9-23-19(28)16-6-4-14(5-7-16)12-29-20-24-13-25-26-20/h1-7,10,13H,8-9,11-12H2,(H,22,27)(H,23,28)(H,24,25,26). The molecule has 3 rings (SSSR count). The minimum Gasteiger partial charge on any atom is -0.354 e. The van der Waals surface area contributed by atoms with Crippen molar-refractivity contribution in [3.63, 3.8) is 0 Å². The van der Waals surface area contributed by atoms with E-state index in [1.165, 1.54) is 30.2 Å². The van der Waals surface area contributed by atoms with Crippen molar-refractivity contribution in [2.75, 3.05) is 13.1 Å². The van der Waals surface area contributed by atoms with E-state index >= 15 is 0 Å². The number of nitrogens with one attached hydrogen (secondary N) is 3. The first-order chi connectivity index (χ1) is 14.1. The van der Waals surface area contributed by atoms with E-state index < -0.39 is 0 Å². The number of benzene rings is 2. The Morgan fingerprint density at radius 2 is 1.83 bits per heavy atom. The summed E-state index contributed by atoms with van der Waals surface area (Å²) < 4.78 is 13.1. The van der Waals surface area contributed by atoms with E-state index in [9.17, 15) is 14.0 Å². The molecule has 0 saturated carbocycles. The van der Waals surface area contributed by atoms with Gasteiger partial charge in [-0.25, -0.2) is 9.37 Å². The van der Waals surface area contributed by atoms with Crippen LogP contribution in [0.25, 0.3) is 0 Å². The number of aromatic nitrogens is 3. The van der Waals surface area contributed by atoms with Crippen molar-refractivity contribution in [3.8, 4) is 0 Å². The summed E-state index contributed by atoms with van der Waals surface area (Å²) in [6, 6.07) is 13.2. The lowest BCUT2D eigenvalue weighted by atomic mass is 10.1. The highest BCUT2D eigenvalue weighted by molar-refractivity contribution is 7.98. The second-order valence-corrected chi connectivity index (χ2v) is 7.15. The summed E-state index contributed by atoms with van der Waals surface area (Å²) in [6.07, 6.45) is 1.55. The number of H-pyrrole nitrogens is 1. The summed E-state index contributed by atoms with van der Waals surface area (Å²) in [7, 11) is 0. The van der Waals surface area contributed by atoms with Gasteiger partial charge in [0.1, 0.15) is 12.1 Å². The normalized spacial score (nSPS) is 10.5. The molecule has 0 bridgehead atoms. The lowest BCUT2D eigenvalue weighted by Crippen LogP contribution is -2.35. The van der Waals surface area contributed by atoms with Crippen LogP contribution in [0.5, 0.6) is 0 Å². The van der Waals surface area contributed by atoms with Gasteiger partial charge in [0.2, 0.25) is 5.91 Å². The van der Waals surface area contributed by atoms with E-state index in [-0.39, 0.29) is 24.1 Å². The molecule has 150 valence electrons. The molecule has 0 radical (unpaired) electrons. The molecular formula is C20H20FN5O2S. The third-order valence-corrected chi connectivity index (χ3v) is 4.92. The van der Waals surface area contributed by atoms with E-state index in [0.29, 0.717) is 30.0 Å². The molecule has 2 amide bonds. The number of carbonyl (C=O) groups is 2. The Hall–Kier alpha value is -3.20. The molecule has 0 aliphatic rings. The molecule has 0 aliphatic heterocycles. The quantitative estimate of drug-likeness (QED) is 0.369. The highest BCUT2D eigenvalue weighted by atomic mass is 32.2. The Morgan fingerprint density at radius 1 is 1.03 bits per heavy atom. The smallest absolute Gasteiger partial charge is 0.251 e. The van der Waals surface area contributed by atoms with Gasteiger partial charge in [-0.2, -0.15) is 5.10 Å². The Kier molecular flexibility index (Phi) is 7.34. The zero-order chi connectivity index (χ0) is 20.5. The number of halogens is 1. The van der Waals surface area contributed by atoms with Crippen molar-refractivity contribution in [1.82, 2.24) is 25.8 Å². The first-order valence-electron chi connectivity index (χ1n) is 8.96. The summed E-state index contributed by atoms with van der Waals surface area (Å²) >= 11 is 1.52. The molecular weight excluding hydrogens is 393 g/mol. The molecule has 0 fully saturated rings. The first kappa shape index (κ1) is 20.5.